The topological polar surface area (TPSA) is 57.7 Å². The summed E-state index contributed by atoms with van der Waals surface area (Å²) in [6.45, 7) is 6.04. The molecule has 0 saturated heterocycles. The maximum absolute atomic E-state index is 11.9. The number of carbonyl (C=O) groups excluding carboxylic acids is 1. The van der Waals surface area contributed by atoms with Crippen molar-refractivity contribution in [1.29, 1.82) is 0 Å². The number of carbonyl (C=O) groups is 1. The van der Waals surface area contributed by atoms with Crippen molar-refractivity contribution in [1.82, 2.24) is 4.98 Å². The van der Waals surface area contributed by atoms with Crippen LogP contribution in [0.15, 0.2) is 48.5 Å². The van der Waals surface area contributed by atoms with E-state index >= 15 is 0 Å². The van der Waals surface area contributed by atoms with Crippen LogP contribution in [-0.4, -0.2) is 23.7 Å². The molecule has 0 saturated carbocycles. The van der Waals surface area contributed by atoms with Crippen LogP contribution in [0.25, 0.3) is 10.2 Å². The number of benzene rings is 2. The lowest BCUT2D eigenvalue weighted by Gasteiger charge is -2.15. The molecule has 0 aliphatic carbocycles. The summed E-state index contributed by atoms with van der Waals surface area (Å²) in [7, 11) is 0. The van der Waals surface area contributed by atoms with Gasteiger partial charge in [-0.05, 0) is 49.2 Å². The summed E-state index contributed by atoms with van der Waals surface area (Å²) in [5.41, 5.74) is 0.918. The second kappa shape index (κ2) is 8.19. The van der Waals surface area contributed by atoms with Crippen molar-refractivity contribution in [2.45, 2.75) is 26.9 Å². The Morgan fingerprint density at radius 1 is 1.04 bits per heavy atom. The molecule has 1 heterocycles. The van der Waals surface area contributed by atoms with E-state index in [1.165, 1.54) is 11.3 Å². The third-order valence-corrected chi connectivity index (χ3v) is 4.42. The van der Waals surface area contributed by atoms with Crippen molar-refractivity contribution in [2.24, 2.45) is 5.92 Å². The van der Waals surface area contributed by atoms with Crippen molar-refractivity contribution in [3.8, 4) is 16.7 Å². The van der Waals surface area contributed by atoms with E-state index in [-0.39, 0.29) is 5.97 Å². The van der Waals surface area contributed by atoms with Crippen LogP contribution in [0.5, 0.6) is 16.7 Å². The van der Waals surface area contributed by atoms with E-state index in [1.807, 2.05) is 38.1 Å². The van der Waals surface area contributed by atoms with Gasteiger partial charge in [0.2, 0.25) is 0 Å². The van der Waals surface area contributed by atoms with Gasteiger partial charge in [0.25, 0.3) is 5.19 Å². The Labute approximate surface area is 156 Å². The molecule has 0 amide bonds. The quantitative estimate of drug-likeness (QED) is 0.544. The van der Waals surface area contributed by atoms with E-state index in [0.717, 1.165) is 10.2 Å². The lowest BCUT2D eigenvalue weighted by Crippen LogP contribution is -2.27. The highest BCUT2D eigenvalue weighted by molar-refractivity contribution is 7.20. The molecule has 2 aromatic carbocycles. The zero-order valence-electron chi connectivity index (χ0n) is 15.0. The Kier molecular flexibility index (Phi) is 5.73. The number of hydrogen-bond donors (Lipinski definition) is 0. The minimum absolute atomic E-state index is 0.296. The fourth-order valence-electron chi connectivity index (χ4n) is 2.20. The molecule has 6 heteroatoms. The summed E-state index contributed by atoms with van der Waals surface area (Å²) in [5.74, 6) is 1.17. The van der Waals surface area contributed by atoms with E-state index in [0.29, 0.717) is 29.2 Å². The van der Waals surface area contributed by atoms with Gasteiger partial charge in [-0.25, -0.2) is 9.78 Å². The molecule has 3 rings (SSSR count). The monoisotopic (exact) mass is 371 g/mol. The maximum atomic E-state index is 11.9. The Morgan fingerprint density at radius 2 is 1.73 bits per heavy atom. The van der Waals surface area contributed by atoms with E-state index < -0.39 is 6.10 Å². The summed E-state index contributed by atoms with van der Waals surface area (Å²) in [4.78, 5) is 16.3. The molecule has 0 aliphatic rings. The summed E-state index contributed by atoms with van der Waals surface area (Å²) >= 11 is 1.49. The summed E-state index contributed by atoms with van der Waals surface area (Å²) < 4.78 is 17.7. The van der Waals surface area contributed by atoms with Crippen LogP contribution in [0.1, 0.15) is 20.8 Å². The highest BCUT2D eigenvalue weighted by Gasteiger charge is 2.17. The molecule has 1 unspecified atom stereocenters. The lowest BCUT2D eigenvalue weighted by molar-refractivity contribution is -0.152. The Hall–Kier alpha value is -2.60. The highest BCUT2D eigenvalue weighted by Crippen LogP contribution is 2.31. The molecule has 0 bridgehead atoms. The first-order valence-corrected chi connectivity index (χ1v) is 9.29. The summed E-state index contributed by atoms with van der Waals surface area (Å²) in [5, 5.41) is 0.588. The normalized spacial score (nSPS) is 12.2. The van der Waals surface area contributed by atoms with Crippen molar-refractivity contribution in [2.75, 3.05) is 6.61 Å². The van der Waals surface area contributed by atoms with Gasteiger partial charge < -0.3 is 14.2 Å². The third kappa shape index (κ3) is 4.73. The second-order valence-electron chi connectivity index (χ2n) is 6.30. The van der Waals surface area contributed by atoms with E-state index in [9.17, 15) is 4.79 Å². The zero-order valence-corrected chi connectivity index (χ0v) is 15.8. The maximum Gasteiger partial charge on any atom is 0.347 e. The number of hydrogen-bond acceptors (Lipinski definition) is 6. The molecule has 0 radical (unpaired) electrons. The molecule has 0 aliphatic heterocycles. The Morgan fingerprint density at radius 3 is 2.42 bits per heavy atom. The number of thiazole rings is 1. The van der Waals surface area contributed by atoms with Crippen LogP contribution in [0.3, 0.4) is 0 Å². The van der Waals surface area contributed by atoms with Gasteiger partial charge in [0, 0.05) is 0 Å². The van der Waals surface area contributed by atoms with Gasteiger partial charge in [-0.15, -0.1) is 0 Å². The van der Waals surface area contributed by atoms with Gasteiger partial charge in [-0.1, -0.05) is 37.3 Å². The van der Waals surface area contributed by atoms with Crippen molar-refractivity contribution >= 4 is 27.5 Å². The smallest absolute Gasteiger partial charge is 0.347 e. The minimum atomic E-state index is -0.662. The molecular weight excluding hydrogens is 350 g/mol. The molecule has 0 spiro atoms. The number of nitrogens with zero attached hydrogens (tertiary/aromatic N) is 1. The summed E-state index contributed by atoms with van der Waals surface area (Å²) in [6, 6.07) is 15.0. The fourth-order valence-corrected chi connectivity index (χ4v) is 3.04. The van der Waals surface area contributed by atoms with Crippen molar-refractivity contribution in [3.05, 3.63) is 48.5 Å². The molecule has 0 fully saturated rings. The number of aromatic nitrogens is 1. The summed E-state index contributed by atoms with van der Waals surface area (Å²) in [6.07, 6.45) is -0.662. The lowest BCUT2D eigenvalue weighted by atomic mass is 10.2. The van der Waals surface area contributed by atoms with Crippen LogP contribution >= 0.6 is 11.3 Å². The van der Waals surface area contributed by atoms with Gasteiger partial charge in [-0.3, -0.25) is 0 Å². The van der Waals surface area contributed by atoms with Gasteiger partial charge in [0.05, 0.1) is 16.8 Å². The third-order valence-electron chi connectivity index (χ3n) is 3.51. The van der Waals surface area contributed by atoms with Crippen LogP contribution in [0.4, 0.5) is 0 Å². The van der Waals surface area contributed by atoms with Gasteiger partial charge in [0.15, 0.2) is 6.10 Å². The van der Waals surface area contributed by atoms with Crippen molar-refractivity contribution in [3.63, 3.8) is 0 Å². The fraction of sp³-hybridized carbons (Fsp3) is 0.300. The van der Waals surface area contributed by atoms with Gasteiger partial charge in [0.1, 0.15) is 11.5 Å². The first-order chi connectivity index (χ1) is 12.5. The Balaban J connectivity index is 1.58. The molecule has 0 N–H and O–H groups in total. The first-order valence-electron chi connectivity index (χ1n) is 8.48. The number of para-hydroxylation sites is 1. The standard InChI is InChI=1S/C20H21NO4S/c1-13(2)12-23-19(22)14(3)24-15-8-10-16(11-9-15)25-20-21-17-6-4-5-7-18(17)26-20/h4-11,13-14H,12H2,1-3H3. The molecule has 3 aromatic rings. The Bertz CT molecular complexity index is 840. The average Bonchev–Trinajstić information content (AvgIpc) is 3.03. The van der Waals surface area contributed by atoms with Gasteiger partial charge >= 0.3 is 5.97 Å². The number of fused-ring (bicyclic) bond motifs is 1. The van der Waals surface area contributed by atoms with Crippen LogP contribution in [-0.2, 0) is 9.53 Å². The molecule has 1 atom stereocenters. The van der Waals surface area contributed by atoms with Gasteiger partial charge in [-0.2, -0.15) is 0 Å². The van der Waals surface area contributed by atoms with E-state index in [1.54, 1.807) is 31.2 Å². The second-order valence-corrected chi connectivity index (χ2v) is 7.30. The average molecular weight is 371 g/mol. The predicted molar refractivity (Wildman–Crippen MR) is 102 cm³/mol. The van der Waals surface area contributed by atoms with Crippen LogP contribution < -0.4 is 9.47 Å². The molecule has 1 aromatic heterocycles. The van der Waals surface area contributed by atoms with E-state index in [2.05, 4.69) is 4.98 Å². The molecule has 26 heavy (non-hydrogen) atoms. The predicted octanol–water partition coefficient (Wildman–Crippen LogP) is 5.06. The largest absolute Gasteiger partial charge is 0.479 e. The molecule has 136 valence electrons. The number of rotatable bonds is 7. The van der Waals surface area contributed by atoms with Crippen molar-refractivity contribution < 1.29 is 19.0 Å². The molecule has 5 nitrogen and oxygen atoms in total. The highest BCUT2D eigenvalue weighted by atomic mass is 32.1. The van der Waals surface area contributed by atoms with Crippen LogP contribution in [0.2, 0.25) is 0 Å². The first kappa shape index (κ1) is 18.2. The molecular formula is C20H21NO4S. The number of ether oxygens (including phenoxy) is 3. The van der Waals surface area contributed by atoms with Crippen LogP contribution in [0, 0.1) is 5.92 Å². The van der Waals surface area contributed by atoms with E-state index in [4.69, 9.17) is 14.2 Å². The minimum Gasteiger partial charge on any atom is -0.479 e. The SMILES string of the molecule is CC(C)COC(=O)C(C)Oc1ccc(Oc2nc3ccccc3s2)cc1. The zero-order chi connectivity index (χ0) is 18.5. The number of esters is 1.